The quantitative estimate of drug-likeness (QED) is 0.135. The summed E-state index contributed by atoms with van der Waals surface area (Å²) in [5.41, 5.74) is -3.95. The third kappa shape index (κ3) is 7.96. The van der Waals surface area contributed by atoms with Gasteiger partial charge in [0.1, 0.15) is 22.4 Å². The summed E-state index contributed by atoms with van der Waals surface area (Å²) in [6.45, 7) is 2.71. The molecule has 4 aromatic carbocycles. The summed E-state index contributed by atoms with van der Waals surface area (Å²) in [4.78, 5) is 37.9. The van der Waals surface area contributed by atoms with Gasteiger partial charge in [0.15, 0.2) is 0 Å². The Bertz CT molecular complexity index is 2300. The van der Waals surface area contributed by atoms with Crippen LogP contribution in [0, 0.1) is 11.6 Å². The number of hydrogen-bond acceptors (Lipinski definition) is 6. The SMILES string of the molecule is CCCCc1nn(-c2cc(NC(=O)CC)ccc2C(F)(F)F)c(=O)n1Cc1ccc(-c2ccccc2)c(S(=O)(=O)NC(=O)c2ccccc2F)c1F. The highest BCUT2D eigenvalue weighted by Crippen LogP contribution is 2.35. The summed E-state index contributed by atoms with van der Waals surface area (Å²) < 4.78 is 104. The lowest BCUT2D eigenvalue weighted by molar-refractivity contribution is -0.137. The number of nitrogens with zero attached hydrogens (tertiary/aromatic N) is 3. The number of rotatable bonds is 12. The summed E-state index contributed by atoms with van der Waals surface area (Å²) in [5, 5.41) is 6.65. The van der Waals surface area contributed by atoms with E-state index in [1.807, 2.05) is 6.92 Å². The van der Waals surface area contributed by atoms with Gasteiger partial charge in [-0.05, 0) is 42.3 Å². The standard InChI is InChI=1S/C36H32F5N5O5S/c1-3-5-15-30-43-46(29-20-24(42-31(47)4-2)17-19-27(29)36(39,40)41)35(49)45(30)21-23-16-18-25(22-11-7-6-8-12-22)33(32(23)38)52(50,51)44-34(48)26-13-9-10-14-28(26)37/h6-14,16-20H,3-5,15,21H2,1-2H3,(H,42,47)(H,44,48). The van der Waals surface area contributed by atoms with Crippen molar-refractivity contribution in [2.45, 2.75) is 57.1 Å². The Labute approximate surface area is 295 Å². The fraction of sp³-hybridized carbons (Fsp3) is 0.222. The Kier molecular flexibility index (Phi) is 11.1. The van der Waals surface area contributed by atoms with Crippen LogP contribution in [0.1, 0.15) is 60.4 Å². The molecule has 0 aliphatic heterocycles. The maximum Gasteiger partial charge on any atom is 0.418 e. The predicted octanol–water partition coefficient (Wildman–Crippen LogP) is 6.86. The zero-order valence-corrected chi connectivity index (χ0v) is 28.6. The molecule has 0 bridgehead atoms. The van der Waals surface area contributed by atoms with Crippen molar-refractivity contribution in [1.29, 1.82) is 0 Å². The molecule has 10 nitrogen and oxygen atoms in total. The largest absolute Gasteiger partial charge is 0.418 e. The number of carbonyl (C=O) groups is 2. The molecule has 5 aromatic rings. The number of carbonyl (C=O) groups excluding carboxylic acids is 2. The van der Waals surface area contributed by atoms with E-state index in [1.165, 1.54) is 36.4 Å². The van der Waals surface area contributed by atoms with Crippen LogP contribution in [-0.2, 0) is 34.0 Å². The molecular weight excluding hydrogens is 709 g/mol. The molecule has 2 amide bonds. The van der Waals surface area contributed by atoms with Gasteiger partial charge in [0, 0.05) is 29.7 Å². The van der Waals surface area contributed by atoms with Crippen LogP contribution in [0.2, 0.25) is 0 Å². The minimum atomic E-state index is -5.07. The maximum absolute atomic E-state index is 16.7. The molecule has 0 radical (unpaired) electrons. The van der Waals surface area contributed by atoms with Gasteiger partial charge in [-0.3, -0.25) is 14.2 Å². The predicted molar refractivity (Wildman–Crippen MR) is 182 cm³/mol. The van der Waals surface area contributed by atoms with Crippen LogP contribution in [0.3, 0.4) is 0 Å². The van der Waals surface area contributed by atoms with E-state index in [2.05, 4.69) is 10.4 Å². The number of alkyl halides is 3. The van der Waals surface area contributed by atoms with E-state index in [4.69, 9.17) is 0 Å². The summed E-state index contributed by atoms with van der Waals surface area (Å²) >= 11 is 0. The number of anilines is 1. The Morgan fingerprint density at radius 3 is 2.25 bits per heavy atom. The number of sulfonamides is 1. The maximum atomic E-state index is 16.7. The third-order valence-corrected chi connectivity index (χ3v) is 9.42. The van der Waals surface area contributed by atoms with Crippen molar-refractivity contribution < 1.29 is 40.0 Å². The molecule has 16 heteroatoms. The van der Waals surface area contributed by atoms with Crippen LogP contribution in [-0.4, -0.2) is 34.6 Å². The Morgan fingerprint density at radius 1 is 0.904 bits per heavy atom. The summed E-state index contributed by atoms with van der Waals surface area (Å²) in [6.07, 6.45) is -3.79. The van der Waals surface area contributed by atoms with Crippen molar-refractivity contribution in [3.05, 3.63) is 130 Å². The Morgan fingerprint density at radius 2 is 1.60 bits per heavy atom. The van der Waals surface area contributed by atoms with Gasteiger partial charge in [-0.15, -0.1) is 5.10 Å². The smallest absolute Gasteiger partial charge is 0.326 e. The van der Waals surface area contributed by atoms with E-state index in [9.17, 15) is 40.4 Å². The normalized spacial score (nSPS) is 11.8. The molecule has 0 aliphatic rings. The van der Waals surface area contributed by atoms with E-state index >= 15 is 4.39 Å². The Balaban J connectivity index is 1.66. The van der Waals surface area contributed by atoms with Crippen LogP contribution >= 0.6 is 0 Å². The number of aromatic nitrogens is 3. The van der Waals surface area contributed by atoms with E-state index in [-0.39, 0.29) is 41.0 Å². The molecule has 1 heterocycles. The van der Waals surface area contributed by atoms with Crippen LogP contribution in [0.5, 0.6) is 0 Å². The van der Waals surface area contributed by atoms with Crippen molar-refractivity contribution >= 4 is 27.5 Å². The molecule has 0 atom stereocenters. The molecular formula is C36H32F5N5O5S. The average Bonchev–Trinajstić information content (AvgIpc) is 3.41. The number of halogens is 5. The molecule has 2 N–H and O–H groups in total. The van der Waals surface area contributed by atoms with Gasteiger partial charge in [0.05, 0.1) is 23.4 Å². The monoisotopic (exact) mass is 741 g/mol. The van der Waals surface area contributed by atoms with Crippen molar-refractivity contribution in [3.63, 3.8) is 0 Å². The van der Waals surface area contributed by atoms with E-state index < -0.39 is 73.6 Å². The highest BCUT2D eigenvalue weighted by atomic mass is 32.2. The molecule has 0 saturated heterocycles. The van der Waals surface area contributed by atoms with Crippen LogP contribution in [0.4, 0.5) is 27.6 Å². The second kappa shape index (κ2) is 15.3. The average molecular weight is 742 g/mol. The number of hydrogen-bond donors (Lipinski definition) is 2. The second-order valence-electron chi connectivity index (χ2n) is 11.6. The van der Waals surface area contributed by atoms with Gasteiger partial charge < -0.3 is 5.32 Å². The minimum absolute atomic E-state index is 0.0215. The second-order valence-corrected chi connectivity index (χ2v) is 13.2. The molecule has 0 spiro atoms. The molecule has 1 aromatic heterocycles. The molecule has 0 unspecified atom stereocenters. The van der Waals surface area contributed by atoms with E-state index in [1.54, 1.807) is 29.8 Å². The molecule has 0 aliphatic carbocycles. The molecule has 272 valence electrons. The number of benzene rings is 4. The van der Waals surface area contributed by atoms with Crippen molar-refractivity contribution in [2.24, 2.45) is 0 Å². The first kappa shape index (κ1) is 37.6. The van der Waals surface area contributed by atoms with Crippen LogP contribution < -0.4 is 15.7 Å². The van der Waals surface area contributed by atoms with Gasteiger partial charge in [0.25, 0.3) is 15.9 Å². The summed E-state index contributed by atoms with van der Waals surface area (Å²) in [5.74, 6) is -4.25. The van der Waals surface area contributed by atoms with Gasteiger partial charge in [-0.25, -0.2) is 26.7 Å². The van der Waals surface area contributed by atoms with E-state index in [0.717, 1.165) is 28.8 Å². The topological polar surface area (TPSA) is 132 Å². The first-order valence-electron chi connectivity index (χ1n) is 16.0. The van der Waals surface area contributed by atoms with Crippen molar-refractivity contribution in [1.82, 2.24) is 19.1 Å². The molecule has 0 saturated carbocycles. The fourth-order valence-electron chi connectivity index (χ4n) is 5.42. The van der Waals surface area contributed by atoms with Crippen molar-refractivity contribution in [3.8, 4) is 16.8 Å². The highest BCUT2D eigenvalue weighted by Gasteiger charge is 2.36. The lowest BCUT2D eigenvalue weighted by Crippen LogP contribution is -2.32. The number of aryl methyl sites for hydroxylation is 1. The number of nitrogens with one attached hydrogen (secondary N) is 2. The number of amides is 2. The zero-order valence-electron chi connectivity index (χ0n) is 27.8. The molecule has 0 fully saturated rings. The van der Waals surface area contributed by atoms with Crippen LogP contribution in [0.15, 0.2) is 94.6 Å². The van der Waals surface area contributed by atoms with Gasteiger partial charge in [0.2, 0.25) is 5.91 Å². The first-order chi connectivity index (χ1) is 24.7. The highest BCUT2D eigenvalue weighted by molar-refractivity contribution is 7.90. The lowest BCUT2D eigenvalue weighted by atomic mass is 10.0. The van der Waals surface area contributed by atoms with Gasteiger partial charge in [-0.1, -0.05) is 74.9 Å². The zero-order chi connectivity index (χ0) is 37.8. The Hall–Kier alpha value is -5.64. The summed E-state index contributed by atoms with van der Waals surface area (Å²) in [6, 6.07) is 17.5. The molecule has 52 heavy (non-hydrogen) atoms. The van der Waals surface area contributed by atoms with E-state index in [0.29, 0.717) is 23.6 Å². The fourth-order valence-corrected chi connectivity index (χ4v) is 6.72. The first-order valence-corrected chi connectivity index (χ1v) is 17.5. The minimum Gasteiger partial charge on any atom is -0.326 e. The lowest BCUT2D eigenvalue weighted by Gasteiger charge is -2.16. The summed E-state index contributed by atoms with van der Waals surface area (Å²) in [7, 11) is -5.07. The third-order valence-electron chi connectivity index (χ3n) is 8.03. The van der Waals surface area contributed by atoms with Crippen LogP contribution in [0.25, 0.3) is 16.8 Å². The van der Waals surface area contributed by atoms with Crippen molar-refractivity contribution in [2.75, 3.05) is 5.32 Å². The van der Waals surface area contributed by atoms with Gasteiger partial charge in [-0.2, -0.15) is 17.9 Å². The van der Waals surface area contributed by atoms with Gasteiger partial charge >= 0.3 is 11.9 Å². The number of unbranched alkanes of at least 4 members (excludes halogenated alkanes) is 1. The molecule has 5 rings (SSSR count).